The van der Waals surface area contributed by atoms with Crippen molar-refractivity contribution in [3.8, 4) is 0 Å². The van der Waals surface area contributed by atoms with E-state index in [1.165, 1.54) is 12.1 Å². The third kappa shape index (κ3) is 3.98. The van der Waals surface area contributed by atoms with Crippen LogP contribution in [0, 0.1) is 5.82 Å². The third-order valence-electron chi connectivity index (χ3n) is 4.12. The van der Waals surface area contributed by atoms with Crippen molar-refractivity contribution in [2.75, 3.05) is 26.2 Å². The maximum absolute atomic E-state index is 14.4. The molecule has 0 bridgehead atoms. The summed E-state index contributed by atoms with van der Waals surface area (Å²) in [6.07, 6.45) is -2.18. The molecular weight excluding hydrogens is 296 g/mol. The van der Waals surface area contributed by atoms with Crippen LogP contribution in [0.25, 0.3) is 0 Å². The van der Waals surface area contributed by atoms with Crippen molar-refractivity contribution in [1.29, 1.82) is 0 Å². The molecule has 0 radical (unpaired) electrons. The Kier molecular flexibility index (Phi) is 5.81. The maximum atomic E-state index is 14.4. The van der Waals surface area contributed by atoms with Gasteiger partial charge in [0.1, 0.15) is 5.82 Å². The molecule has 0 spiro atoms. The lowest BCUT2D eigenvalue weighted by Gasteiger charge is -2.35. The molecular formula is C16H22F4N2. The topological polar surface area (TPSA) is 15.3 Å². The second kappa shape index (κ2) is 7.42. The summed E-state index contributed by atoms with van der Waals surface area (Å²) in [5, 5.41) is 3.21. The Morgan fingerprint density at radius 3 is 2.50 bits per heavy atom. The highest BCUT2D eigenvalue weighted by atomic mass is 19.4. The predicted octanol–water partition coefficient (Wildman–Crippen LogP) is 3.98. The number of hydrogen-bond donors (Lipinski definition) is 1. The number of benzene rings is 1. The Bertz CT molecular complexity index is 482. The fraction of sp³-hybridized carbons (Fsp3) is 0.625. The van der Waals surface area contributed by atoms with Crippen LogP contribution in [0.15, 0.2) is 18.2 Å². The average molecular weight is 318 g/mol. The molecule has 1 saturated heterocycles. The molecule has 0 aromatic heterocycles. The van der Waals surface area contributed by atoms with E-state index in [4.69, 9.17) is 0 Å². The van der Waals surface area contributed by atoms with Gasteiger partial charge in [-0.05, 0) is 12.5 Å². The first-order chi connectivity index (χ1) is 10.4. The minimum atomic E-state index is -4.65. The standard InChI is InChI=1S/C16H22F4N2/c1-2-3-7-14(22-10-8-21-9-11-22)12-5-4-6-13(15(12)17)16(18,19)20/h4-6,14,21H,2-3,7-11H2,1H3/t14-/m1/s1. The van der Waals surface area contributed by atoms with Crippen molar-refractivity contribution in [2.24, 2.45) is 0 Å². The van der Waals surface area contributed by atoms with E-state index in [1.807, 2.05) is 6.92 Å². The zero-order valence-electron chi connectivity index (χ0n) is 12.7. The second-order valence-electron chi connectivity index (χ2n) is 5.65. The highest BCUT2D eigenvalue weighted by molar-refractivity contribution is 5.30. The van der Waals surface area contributed by atoms with Gasteiger partial charge in [-0.2, -0.15) is 13.2 Å². The number of unbranched alkanes of at least 4 members (excludes halogenated alkanes) is 1. The Balaban J connectivity index is 2.34. The number of nitrogens with zero attached hydrogens (tertiary/aromatic N) is 1. The molecule has 0 saturated carbocycles. The van der Waals surface area contributed by atoms with E-state index in [0.717, 1.165) is 45.1 Å². The average Bonchev–Trinajstić information content (AvgIpc) is 2.49. The molecule has 6 heteroatoms. The zero-order valence-corrected chi connectivity index (χ0v) is 12.7. The lowest BCUT2D eigenvalue weighted by molar-refractivity contribution is -0.140. The molecule has 1 aliphatic heterocycles. The highest BCUT2D eigenvalue weighted by Gasteiger charge is 2.36. The van der Waals surface area contributed by atoms with Crippen molar-refractivity contribution < 1.29 is 17.6 Å². The number of hydrogen-bond acceptors (Lipinski definition) is 2. The summed E-state index contributed by atoms with van der Waals surface area (Å²) in [5.74, 6) is -1.12. The van der Waals surface area contributed by atoms with E-state index >= 15 is 0 Å². The normalized spacial score (nSPS) is 18.4. The molecule has 1 atom stereocenters. The Morgan fingerprint density at radius 1 is 1.23 bits per heavy atom. The van der Waals surface area contributed by atoms with E-state index in [9.17, 15) is 17.6 Å². The molecule has 1 heterocycles. The van der Waals surface area contributed by atoms with Gasteiger partial charge in [0.25, 0.3) is 0 Å². The number of halogens is 4. The van der Waals surface area contributed by atoms with Gasteiger partial charge >= 0.3 is 6.18 Å². The Labute approximate surface area is 128 Å². The van der Waals surface area contributed by atoms with Crippen LogP contribution in [0.2, 0.25) is 0 Å². The Morgan fingerprint density at radius 2 is 1.91 bits per heavy atom. The van der Waals surface area contributed by atoms with Gasteiger partial charge in [0.05, 0.1) is 5.56 Å². The molecule has 0 aliphatic carbocycles. The monoisotopic (exact) mass is 318 g/mol. The van der Waals surface area contributed by atoms with Gasteiger partial charge in [0, 0.05) is 37.8 Å². The minimum absolute atomic E-state index is 0.171. The van der Waals surface area contributed by atoms with Crippen molar-refractivity contribution in [2.45, 2.75) is 38.4 Å². The summed E-state index contributed by atoms with van der Waals surface area (Å²) in [5.41, 5.74) is -0.994. The molecule has 1 aromatic rings. The van der Waals surface area contributed by atoms with Gasteiger partial charge in [-0.3, -0.25) is 4.90 Å². The van der Waals surface area contributed by atoms with Crippen LogP contribution in [0.3, 0.4) is 0 Å². The number of piperazine rings is 1. The third-order valence-corrected chi connectivity index (χ3v) is 4.12. The zero-order chi connectivity index (χ0) is 16.2. The van der Waals surface area contributed by atoms with Crippen LogP contribution in [0.4, 0.5) is 17.6 Å². The van der Waals surface area contributed by atoms with Crippen LogP contribution in [-0.4, -0.2) is 31.1 Å². The van der Waals surface area contributed by atoms with E-state index in [2.05, 4.69) is 10.2 Å². The summed E-state index contributed by atoms with van der Waals surface area (Å²) in [7, 11) is 0. The molecule has 2 rings (SSSR count). The smallest absolute Gasteiger partial charge is 0.314 e. The van der Waals surface area contributed by atoms with Crippen molar-refractivity contribution in [3.63, 3.8) is 0 Å². The van der Waals surface area contributed by atoms with Crippen LogP contribution in [-0.2, 0) is 6.18 Å². The lowest BCUT2D eigenvalue weighted by atomic mass is 9.96. The number of nitrogens with one attached hydrogen (secondary N) is 1. The van der Waals surface area contributed by atoms with Crippen molar-refractivity contribution in [3.05, 3.63) is 35.1 Å². The molecule has 0 amide bonds. The number of alkyl halides is 3. The van der Waals surface area contributed by atoms with Gasteiger partial charge in [-0.15, -0.1) is 0 Å². The van der Waals surface area contributed by atoms with Crippen LogP contribution < -0.4 is 5.32 Å². The Hall–Kier alpha value is -1.14. The maximum Gasteiger partial charge on any atom is 0.419 e. The van der Waals surface area contributed by atoms with Crippen LogP contribution in [0.1, 0.15) is 43.4 Å². The van der Waals surface area contributed by atoms with E-state index in [-0.39, 0.29) is 11.6 Å². The number of rotatable bonds is 5. The van der Waals surface area contributed by atoms with Crippen LogP contribution in [0.5, 0.6) is 0 Å². The molecule has 1 N–H and O–H groups in total. The largest absolute Gasteiger partial charge is 0.419 e. The molecule has 2 nitrogen and oxygen atoms in total. The molecule has 1 aliphatic rings. The van der Waals surface area contributed by atoms with Crippen molar-refractivity contribution >= 4 is 0 Å². The second-order valence-corrected chi connectivity index (χ2v) is 5.65. The van der Waals surface area contributed by atoms with Gasteiger partial charge in [0.15, 0.2) is 0 Å². The SMILES string of the molecule is CCCC[C@H](c1cccc(C(F)(F)F)c1F)N1CCNCC1. The molecule has 1 fully saturated rings. The summed E-state index contributed by atoms with van der Waals surface area (Å²) in [4.78, 5) is 2.09. The summed E-state index contributed by atoms with van der Waals surface area (Å²) >= 11 is 0. The summed E-state index contributed by atoms with van der Waals surface area (Å²) in [6, 6.07) is 3.33. The van der Waals surface area contributed by atoms with E-state index in [0.29, 0.717) is 6.42 Å². The highest BCUT2D eigenvalue weighted by Crippen LogP contribution is 2.36. The first-order valence-corrected chi connectivity index (χ1v) is 7.75. The van der Waals surface area contributed by atoms with Gasteiger partial charge in [0.2, 0.25) is 0 Å². The molecule has 1 aromatic carbocycles. The fourth-order valence-electron chi connectivity index (χ4n) is 2.95. The summed E-state index contributed by atoms with van der Waals surface area (Å²) in [6.45, 7) is 5.04. The minimum Gasteiger partial charge on any atom is -0.314 e. The van der Waals surface area contributed by atoms with Gasteiger partial charge < -0.3 is 5.32 Å². The predicted molar refractivity (Wildman–Crippen MR) is 78.1 cm³/mol. The molecule has 0 unspecified atom stereocenters. The lowest BCUT2D eigenvalue weighted by Crippen LogP contribution is -2.45. The quantitative estimate of drug-likeness (QED) is 0.826. The first kappa shape index (κ1) is 17.2. The fourth-order valence-corrected chi connectivity index (χ4v) is 2.95. The summed E-state index contributed by atoms with van der Waals surface area (Å²) < 4.78 is 53.2. The first-order valence-electron chi connectivity index (χ1n) is 7.75. The molecule has 124 valence electrons. The van der Waals surface area contributed by atoms with E-state index < -0.39 is 17.6 Å². The molecule has 22 heavy (non-hydrogen) atoms. The van der Waals surface area contributed by atoms with E-state index in [1.54, 1.807) is 0 Å². The van der Waals surface area contributed by atoms with Crippen LogP contribution >= 0.6 is 0 Å². The van der Waals surface area contributed by atoms with Gasteiger partial charge in [-0.1, -0.05) is 31.9 Å². The van der Waals surface area contributed by atoms with Crippen molar-refractivity contribution in [1.82, 2.24) is 10.2 Å². The van der Waals surface area contributed by atoms with Gasteiger partial charge in [-0.25, -0.2) is 4.39 Å².